The summed E-state index contributed by atoms with van der Waals surface area (Å²) in [7, 11) is 0. The molecule has 1 atom stereocenters. The van der Waals surface area contributed by atoms with E-state index in [-0.39, 0.29) is 5.91 Å². The summed E-state index contributed by atoms with van der Waals surface area (Å²) in [6.07, 6.45) is 4.55. The van der Waals surface area contributed by atoms with Crippen molar-refractivity contribution >= 4 is 5.91 Å². The second kappa shape index (κ2) is 5.81. The molecule has 1 rings (SSSR count). The molecule has 1 fully saturated rings. The highest BCUT2D eigenvalue weighted by Crippen LogP contribution is 2.14. The Morgan fingerprint density at radius 3 is 3.00 bits per heavy atom. The van der Waals surface area contributed by atoms with Crippen molar-refractivity contribution in [3.63, 3.8) is 0 Å². The van der Waals surface area contributed by atoms with Gasteiger partial charge >= 0.3 is 0 Å². The van der Waals surface area contributed by atoms with E-state index < -0.39 is 0 Å². The summed E-state index contributed by atoms with van der Waals surface area (Å²) < 4.78 is 0. The van der Waals surface area contributed by atoms with E-state index >= 15 is 0 Å². The molecule has 1 aliphatic heterocycles. The van der Waals surface area contributed by atoms with Crippen molar-refractivity contribution < 1.29 is 4.79 Å². The molecular weight excluding hydrogens is 176 g/mol. The molecule has 1 saturated heterocycles. The lowest BCUT2D eigenvalue weighted by molar-refractivity contribution is -0.116. The Balaban J connectivity index is 2.17. The summed E-state index contributed by atoms with van der Waals surface area (Å²) in [5.74, 6) is 0.673. The molecule has 0 radical (unpaired) electrons. The molecule has 1 aliphatic rings. The van der Waals surface area contributed by atoms with Gasteiger partial charge < -0.3 is 10.2 Å². The molecule has 0 saturated carbocycles. The minimum atomic E-state index is 0.0300. The first-order valence-electron chi connectivity index (χ1n) is 5.39. The molecule has 0 aromatic heterocycles. The molecule has 1 N–H and O–H groups in total. The molecule has 1 amide bonds. The van der Waals surface area contributed by atoms with Crippen molar-refractivity contribution in [1.29, 1.82) is 0 Å². The van der Waals surface area contributed by atoms with Crippen LogP contribution in [-0.2, 0) is 4.79 Å². The van der Waals surface area contributed by atoms with Gasteiger partial charge in [-0.05, 0) is 38.4 Å². The van der Waals surface area contributed by atoms with Crippen molar-refractivity contribution in [2.45, 2.75) is 20.3 Å². The number of allylic oxidation sites excluding steroid dienone is 1. The van der Waals surface area contributed by atoms with Crippen molar-refractivity contribution in [3.05, 3.63) is 12.2 Å². The van der Waals surface area contributed by atoms with E-state index in [4.69, 9.17) is 0 Å². The van der Waals surface area contributed by atoms with Gasteiger partial charge in [-0.15, -0.1) is 0 Å². The van der Waals surface area contributed by atoms with E-state index in [1.165, 1.54) is 13.0 Å². The van der Waals surface area contributed by atoms with Crippen LogP contribution < -0.4 is 5.32 Å². The molecule has 0 aromatic carbocycles. The zero-order chi connectivity index (χ0) is 10.4. The molecule has 0 bridgehead atoms. The predicted octanol–water partition coefficient (Wildman–Crippen LogP) is 1.02. The highest BCUT2D eigenvalue weighted by atomic mass is 16.1. The van der Waals surface area contributed by atoms with Crippen LogP contribution >= 0.6 is 0 Å². The number of nitrogens with zero attached hydrogens (tertiary/aromatic N) is 1. The van der Waals surface area contributed by atoms with Gasteiger partial charge in [-0.1, -0.05) is 13.0 Å². The van der Waals surface area contributed by atoms with E-state index in [0.29, 0.717) is 5.92 Å². The largest absolute Gasteiger partial charge is 0.352 e. The van der Waals surface area contributed by atoms with Crippen molar-refractivity contribution in [2.75, 3.05) is 26.2 Å². The normalized spacial score (nSPS) is 23.1. The van der Waals surface area contributed by atoms with Gasteiger partial charge in [0, 0.05) is 13.1 Å². The number of hydrogen-bond donors (Lipinski definition) is 1. The third-order valence-corrected chi connectivity index (χ3v) is 2.70. The van der Waals surface area contributed by atoms with E-state index in [9.17, 15) is 4.79 Å². The quantitative estimate of drug-likeness (QED) is 0.681. The molecule has 3 heteroatoms. The van der Waals surface area contributed by atoms with Crippen LogP contribution in [0.25, 0.3) is 0 Å². The topological polar surface area (TPSA) is 32.3 Å². The fraction of sp³-hybridized carbons (Fsp3) is 0.727. The summed E-state index contributed by atoms with van der Waals surface area (Å²) in [5.41, 5.74) is 0. The Morgan fingerprint density at radius 2 is 2.43 bits per heavy atom. The first-order chi connectivity index (χ1) is 6.76. The van der Waals surface area contributed by atoms with Gasteiger partial charge in [0.05, 0.1) is 0 Å². The van der Waals surface area contributed by atoms with Gasteiger partial charge in [0.15, 0.2) is 0 Å². The van der Waals surface area contributed by atoms with E-state index in [1.807, 2.05) is 6.92 Å². The number of rotatable bonds is 4. The van der Waals surface area contributed by atoms with Gasteiger partial charge in [-0.3, -0.25) is 4.79 Å². The van der Waals surface area contributed by atoms with Crippen LogP contribution in [0.4, 0.5) is 0 Å². The molecule has 80 valence electrons. The Morgan fingerprint density at radius 1 is 1.64 bits per heavy atom. The third kappa shape index (κ3) is 3.50. The Hall–Kier alpha value is -0.830. The zero-order valence-corrected chi connectivity index (χ0v) is 9.12. The molecule has 0 spiro atoms. The summed E-state index contributed by atoms with van der Waals surface area (Å²) in [6.45, 7) is 8.29. The van der Waals surface area contributed by atoms with Gasteiger partial charge in [0.1, 0.15) is 0 Å². The maximum Gasteiger partial charge on any atom is 0.243 e. The van der Waals surface area contributed by atoms with Crippen LogP contribution in [0.5, 0.6) is 0 Å². The van der Waals surface area contributed by atoms with Crippen LogP contribution in [0.3, 0.4) is 0 Å². The standard InChI is InChI=1S/C11H20N2O/c1-3-5-11(14)12-8-10-6-7-13(4-2)9-10/h3,5,10H,4,6-9H2,1-2H3,(H,12,14). The molecule has 14 heavy (non-hydrogen) atoms. The zero-order valence-electron chi connectivity index (χ0n) is 9.12. The van der Waals surface area contributed by atoms with Gasteiger partial charge in [-0.2, -0.15) is 0 Å². The number of hydrogen-bond acceptors (Lipinski definition) is 2. The van der Waals surface area contributed by atoms with Crippen LogP contribution in [0.15, 0.2) is 12.2 Å². The van der Waals surface area contributed by atoms with Gasteiger partial charge in [0.2, 0.25) is 5.91 Å². The van der Waals surface area contributed by atoms with Crippen molar-refractivity contribution in [3.8, 4) is 0 Å². The lowest BCUT2D eigenvalue weighted by Crippen LogP contribution is -2.29. The minimum Gasteiger partial charge on any atom is -0.352 e. The van der Waals surface area contributed by atoms with E-state index in [2.05, 4.69) is 17.1 Å². The molecular formula is C11H20N2O. The second-order valence-electron chi connectivity index (χ2n) is 3.79. The summed E-state index contributed by atoms with van der Waals surface area (Å²) in [6, 6.07) is 0. The van der Waals surface area contributed by atoms with E-state index in [0.717, 1.165) is 19.6 Å². The fourth-order valence-corrected chi connectivity index (χ4v) is 1.82. The number of likely N-dealkylation sites (tertiary alicyclic amines) is 1. The predicted molar refractivity (Wildman–Crippen MR) is 58.0 cm³/mol. The number of amides is 1. The maximum atomic E-state index is 11.1. The third-order valence-electron chi connectivity index (χ3n) is 2.70. The van der Waals surface area contributed by atoms with Crippen molar-refractivity contribution in [2.24, 2.45) is 5.92 Å². The highest BCUT2D eigenvalue weighted by Gasteiger charge is 2.20. The molecule has 0 aliphatic carbocycles. The number of nitrogens with one attached hydrogen (secondary N) is 1. The second-order valence-corrected chi connectivity index (χ2v) is 3.79. The highest BCUT2D eigenvalue weighted by molar-refractivity contribution is 5.87. The minimum absolute atomic E-state index is 0.0300. The summed E-state index contributed by atoms with van der Waals surface area (Å²) >= 11 is 0. The average molecular weight is 196 g/mol. The van der Waals surface area contributed by atoms with E-state index in [1.54, 1.807) is 12.2 Å². The fourth-order valence-electron chi connectivity index (χ4n) is 1.82. The lowest BCUT2D eigenvalue weighted by atomic mass is 10.1. The maximum absolute atomic E-state index is 11.1. The number of carbonyl (C=O) groups excluding carboxylic acids is 1. The summed E-state index contributed by atoms with van der Waals surface area (Å²) in [5, 5.41) is 2.92. The lowest BCUT2D eigenvalue weighted by Gasteiger charge is -2.13. The van der Waals surface area contributed by atoms with Crippen molar-refractivity contribution in [1.82, 2.24) is 10.2 Å². The van der Waals surface area contributed by atoms with Crippen LogP contribution in [0.2, 0.25) is 0 Å². The molecule has 1 heterocycles. The first kappa shape index (κ1) is 11.2. The molecule has 0 aromatic rings. The first-order valence-corrected chi connectivity index (χ1v) is 5.39. The Bertz CT molecular complexity index is 213. The SMILES string of the molecule is CC=CC(=O)NCC1CCN(CC)C1. The van der Waals surface area contributed by atoms with Crippen LogP contribution in [0, 0.1) is 5.92 Å². The summed E-state index contributed by atoms with van der Waals surface area (Å²) in [4.78, 5) is 13.6. The van der Waals surface area contributed by atoms with Crippen LogP contribution in [-0.4, -0.2) is 37.0 Å². The smallest absolute Gasteiger partial charge is 0.243 e. The Kier molecular flexibility index (Phi) is 4.66. The Labute approximate surface area is 86.2 Å². The molecule has 1 unspecified atom stereocenters. The average Bonchev–Trinajstić information content (AvgIpc) is 2.63. The molecule has 3 nitrogen and oxygen atoms in total. The van der Waals surface area contributed by atoms with Crippen LogP contribution in [0.1, 0.15) is 20.3 Å². The van der Waals surface area contributed by atoms with Gasteiger partial charge in [-0.25, -0.2) is 0 Å². The van der Waals surface area contributed by atoms with Gasteiger partial charge in [0.25, 0.3) is 0 Å². The monoisotopic (exact) mass is 196 g/mol. The number of carbonyl (C=O) groups is 1.